The van der Waals surface area contributed by atoms with Crippen LogP contribution in [0.5, 0.6) is 0 Å². The van der Waals surface area contributed by atoms with Crippen LogP contribution in [0.2, 0.25) is 0 Å². The summed E-state index contributed by atoms with van der Waals surface area (Å²) in [6.07, 6.45) is 0.192. The molecule has 0 radical (unpaired) electrons. The van der Waals surface area contributed by atoms with Crippen molar-refractivity contribution in [1.29, 1.82) is 0 Å². The highest BCUT2D eigenvalue weighted by molar-refractivity contribution is 7.61. The van der Waals surface area contributed by atoms with E-state index in [1.807, 2.05) is 6.92 Å². The van der Waals surface area contributed by atoms with E-state index in [-0.39, 0.29) is 16.6 Å². The summed E-state index contributed by atoms with van der Waals surface area (Å²) in [6, 6.07) is 3.95. The second-order valence-electron chi connectivity index (χ2n) is 3.98. The minimum absolute atomic E-state index is 0.0918. The molecule has 1 aromatic rings. The van der Waals surface area contributed by atoms with Crippen LogP contribution in [-0.2, 0) is 9.09 Å². The first-order valence-electron chi connectivity index (χ1n) is 5.49. The number of hydrogen-bond donors (Lipinski definition) is 3. The van der Waals surface area contributed by atoms with Gasteiger partial charge in [0.2, 0.25) is 5.91 Å². The Morgan fingerprint density at radius 1 is 1.56 bits per heavy atom. The summed E-state index contributed by atoms with van der Waals surface area (Å²) in [5, 5.41) is -0.0981. The Hall–Kier alpha value is -1.36. The molecular weight excluding hydrogens is 255 g/mol. The molecule has 0 heterocycles. The molecule has 0 saturated heterocycles. The largest absolute Gasteiger partial charge is 0.398 e. The maximum atomic E-state index is 12.1. The van der Waals surface area contributed by atoms with Crippen molar-refractivity contribution in [2.24, 2.45) is 5.73 Å². The molecular formula is C11H17N2O4P. The minimum Gasteiger partial charge on any atom is -0.398 e. The molecule has 1 amide bonds. The molecule has 0 aliphatic carbocycles. The quantitative estimate of drug-likeness (QED) is 0.546. The summed E-state index contributed by atoms with van der Waals surface area (Å²) in [5.74, 6) is -0.695. The minimum atomic E-state index is -4.05. The summed E-state index contributed by atoms with van der Waals surface area (Å²) in [6.45, 7) is 3.50. The molecule has 1 rings (SSSR count). The molecule has 2 unspecified atom stereocenters. The van der Waals surface area contributed by atoms with Crippen LogP contribution in [0.25, 0.3) is 0 Å². The number of benzene rings is 1. The van der Waals surface area contributed by atoms with Gasteiger partial charge in [0, 0.05) is 11.3 Å². The first kappa shape index (κ1) is 14.7. The lowest BCUT2D eigenvalue weighted by molar-refractivity contribution is 0.100. The Morgan fingerprint density at radius 2 is 2.17 bits per heavy atom. The second kappa shape index (κ2) is 5.52. The molecule has 0 bridgehead atoms. The van der Waals surface area contributed by atoms with Gasteiger partial charge >= 0.3 is 7.60 Å². The van der Waals surface area contributed by atoms with Crippen molar-refractivity contribution in [3.8, 4) is 0 Å². The lowest BCUT2D eigenvalue weighted by Gasteiger charge is -2.18. The van der Waals surface area contributed by atoms with Gasteiger partial charge in [0.05, 0.1) is 11.4 Å². The Morgan fingerprint density at radius 3 is 2.67 bits per heavy atom. The van der Waals surface area contributed by atoms with E-state index in [4.69, 9.17) is 16.0 Å². The third-order valence-corrected chi connectivity index (χ3v) is 4.16. The number of amides is 1. The molecule has 100 valence electrons. The SMILES string of the molecule is CCC(C)OP(=O)(O)c1cc(C(N)=O)ccc1N. The van der Waals surface area contributed by atoms with Crippen LogP contribution in [0, 0.1) is 0 Å². The molecule has 5 N–H and O–H groups in total. The zero-order valence-corrected chi connectivity index (χ0v) is 11.2. The molecule has 7 heteroatoms. The normalized spacial score (nSPS) is 15.9. The third kappa shape index (κ3) is 3.32. The summed E-state index contributed by atoms with van der Waals surface area (Å²) in [7, 11) is -4.05. The molecule has 0 spiro atoms. The molecule has 1 aromatic carbocycles. The van der Waals surface area contributed by atoms with Crippen molar-refractivity contribution in [1.82, 2.24) is 0 Å². The van der Waals surface area contributed by atoms with E-state index in [1.165, 1.54) is 18.2 Å². The van der Waals surface area contributed by atoms with Gasteiger partial charge in [-0.05, 0) is 31.5 Å². The molecule has 0 aliphatic heterocycles. The van der Waals surface area contributed by atoms with E-state index in [2.05, 4.69) is 0 Å². The molecule has 0 fully saturated rings. The number of carbonyl (C=O) groups is 1. The molecule has 2 atom stereocenters. The monoisotopic (exact) mass is 272 g/mol. The Kier molecular flexibility index (Phi) is 4.51. The fraction of sp³-hybridized carbons (Fsp3) is 0.364. The van der Waals surface area contributed by atoms with Gasteiger partial charge in [0.15, 0.2) is 0 Å². The number of nitrogen functional groups attached to an aromatic ring is 1. The van der Waals surface area contributed by atoms with Crippen LogP contribution in [0.3, 0.4) is 0 Å². The Balaban J connectivity index is 3.18. The Labute approximate surface area is 105 Å². The zero-order valence-electron chi connectivity index (χ0n) is 10.3. The van der Waals surface area contributed by atoms with Gasteiger partial charge < -0.3 is 20.9 Å². The van der Waals surface area contributed by atoms with Crippen LogP contribution in [0.15, 0.2) is 18.2 Å². The van der Waals surface area contributed by atoms with E-state index in [0.717, 1.165) is 0 Å². The van der Waals surface area contributed by atoms with Gasteiger partial charge in [-0.25, -0.2) is 0 Å². The van der Waals surface area contributed by atoms with Gasteiger partial charge in [-0.15, -0.1) is 0 Å². The van der Waals surface area contributed by atoms with Crippen molar-refractivity contribution in [2.45, 2.75) is 26.4 Å². The first-order chi connectivity index (χ1) is 8.27. The van der Waals surface area contributed by atoms with Crippen LogP contribution in [0.1, 0.15) is 30.6 Å². The highest BCUT2D eigenvalue weighted by Crippen LogP contribution is 2.44. The van der Waals surface area contributed by atoms with Gasteiger partial charge in [-0.3, -0.25) is 9.36 Å². The number of nitrogens with two attached hydrogens (primary N) is 2. The van der Waals surface area contributed by atoms with Crippen molar-refractivity contribution >= 4 is 24.5 Å². The smallest absolute Gasteiger partial charge is 0.361 e. The van der Waals surface area contributed by atoms with E-state index < -0.39 is 19.6 Å². The second-order valence-corrected chi connectivity index (χ2v) is 5.72. The van der Waals surface area contributed by atoms with Crippen molar-refractivity contribution in [3.05, 3.63) is 23.8 Å². The molecule has 18 heavy (non-hydrogen) atoms. The zero-order chi connectivity index (χ0) is 13.9. The van der Waals surface area contributed by atoms with Gasteiger partial charge in [0.1, 0.15) is 0 Å². The summed E-state index contributed by atoms with van der Waals surface area (Å²) in [4.78, 5) is 20.9. The van der Waals surface area contributed by atoms with Crippen LogP contribution in [-0.4, -0.2) is 16.9 Å². The average Bonchev–Trinajstić information content (AvgIpc) is 2.28. The summed E-state index contributed by atoms with van der Waals surface area (Å²) in [5.41, 5.74) is 10.9. The van der Waals surface area contributed by atoms with Crippen LogP contribution < -0.4 is 16.8 Å². The van der Waals surface area contributed by atoms with Gasteiger partial charge in [-0.1, -0.05) is 6.92 Å². The lowest BCUT2D eigenvalue weighted by Crippen LogP contribution is -2.19. The lowest BCUT2D eigenvalue weighted by atomic mass is 10.2. The molecule has 6 nitrogen and oxygen atoms in total. The van der Waals surface area contributed by atoms with E-state index in [1.54, 1.807) is 6.92 Å². The third-order valence-electron chi connectivity index (χ3n) is 2.52. The highest BCUT2D eigenvalue weighted by Gasteiger charge is 2.28. The van der Waals surface area contributed by atoms with Crippen molar-refractivity contribution in [2.75, 3.05) is 5.73 Å². The number of anilines is 1. The molecule has 0 aliphatic rings. The maximum absolute atomic E-state index is 12.1. The predicted octanol–water partition coefficient (Wildman–Crippen LogP) is 0.994. The number of carbonyl (C=O) groups excluding carboxylic acids is 1. The van der Waals surface area contributed by atoms with E-state index in [0.29, 0.717) is 6.42 Å². The number of rotatable bonds is 5. The van der Waals surface area contributed by atoms with Crippen LogP contribution in [0.4, 0.5) is 5.69 Å². The first-order valence-corrected chi connectivity index (χ1v) is 7.06. The molecule has 0 aromatic heterocycles. The van der Waals surface area contributed by atoms with E-state index >= 15 is 0 Å². The predicted molar refractivity (Wildman–Crippen MR) is 69.7 cm³/mol. The molecule has 0 saturated carbocycles. The van der Waals surface area contributed by atoms with Crippen molar-refractivity contribution in [3.63, 3.8) is 0 Å². The van der Waals surface area contributed by atoms with Gasteiger partial charge in [0.25, 0.3) is 0 Å². The van der Waals surface area contributed by atoms with E-state index in [9.17, 15) is 14.3 Å². The summed E-state index contributed by atoms with van der Waals surface area (Å²) < 4.78 is 17.1. The van der Waals surface area contributed by atoms with Gasteiger partial charge in [-0.2, -0.15) is 0 Å². The fourth-order valence-corrected chi connectivity index (χ4v) is 2.77. The average molecular weight is 272 g/mol. The number of primary amides is 1. The fourth-order valence-electron chi connectivity index (χ4n) is 1.32. The van der Waals surface area contributed by atoms with Crippen LogP contribution >= 0.6 is 7.60 Å². The standard InChI is InChI=1S/C11H17N2O4P/c1-3-7(2)17-18(15,16)10-6-8(11(13)14)4-5-9(10)12/h4-7H,3,12H2,1-2H3,(H2,13,14)(H,15,16). The topological polar surface area (TPSA) is 116 Å². The van der Waals surface area contributed by atoms with Crippen molar-refractivity contribution < 1.29 is 18.8 Å². The maximum Gasteiger partial charge on any atom is 0.361 e. The Bertz CT molecular complexity index is 504. The summed E-state index contributed by atoms with van der Waals surface area (Å²) >= 11 is 0. The number of hydrogen-bond acceptors (Lipinski definition) is 4. The highest BCUT2D eigenvalue weighted by atomic mass is 31.2.